The molecule has 3 aliphatic rings. The van der Waals surface area contributed by atoms with E-state index in [0.29, 0.717) is 39.8 Å². The molecule has 2 aromatic carbocycles. The molecule has 0 N–H and O–H groups in total. The van der Waals surface area contributed by atoms with Crippen LogP contribution < -0.4 is 4.74 Å². The highest BCUT2D eigenvalue weighted by Gasteiger charge is 2.42. The lowest BCUT2D eigenvalue weighted by Crippen LogP contribution is -2.37. The van der Waals surface area contributed by atoms with Crippen LogP contribution in [0, 0.1) is 5.82 Å². The molecule has 2 aromatic rings. The summed E-state index contributed by atoms with van der Waals surface area (Å²) in [5, 5.41) is 0.610. The van der Waals surface area contributed by atoms with Crippen LogP contribution >= 0.6 is 23.2 Å². The Labute approximate surface area is 208 Å². The van der Waals surface area contributed by atoms with Crippen LogP contribution in [-0.4, -0.2) is 23.5 Å². The van der Waals surface area contributed by atoms with Crippen LogP contribution in [0.2, 0.25) is 10.0 Å². The first-order chi connectivity index (χ1) is 16.3. The first kappa shape index (κ1) is 23.1. The van der Waals surface area contributed by atoms with Gasteiger partial charge in [0.1, 0.15) is 12.4 Å². The standard InChI is InChI=1S/C27H24Cl2FNO3/c1-31-20-4-2-6-22(32)25(20)24(26-21(31)5-3-7-23(26)33)16-12-18(28)27(19(29)13-16)34-14-15-8-10-17(30)11-9-15/h8-13,24H,2-7,14H2,1H3. The van der Waals surface area contributed by atoms with Gasteiger partial charge in [0, 0.05) is 48.3 Å². The minimum atomic E-state index is -0.469. The van der Waals surface area contributed by atoms with Crippen molar-refractivity contribution in [1.29, 1.82) is 0 Å². The SMILES string of the molecule is CN1C2=C(C(=O)CCC2)C(c2cc(Cl)c(OCc3ccc(F)cc3)c(Cl)c2)C2=C1CCCC2=O. The van der Waals surface area contributed by atoms with E-state index >= 15 is 0 Å². The first-order valence-corrected chi connectivity index (χ1v) is 12.2. The van der Waals surface area contributed by atoms with Gasteiger partial charge in [0.25, 0.3) is 0 Å². The third kappa shape index (κ3) is 4.05. The zero-order chi connectivity index (χ0) is 24.0. The summed E-state index contributed by atoms with van der Waals surface area (Å²) in [6.07, 6.45) is 4.17. The van der Waals surface area contributed by atoms with Gasteiger partial charge in [-0.15, -0.1) is 0 Å². The van der Waals surface area contributed by atoms with Crippen molar-refractivity contribution in [3.05, 3.63) is 85.9 Å². The summed E-state index contributed by atoms with van der Waals surface area (Å²) in [5.41, 5.74) is 4.88. The number of hydrogen-bond acceptors (Lipinski definition) is 4. The fourth-order valence-electron chi connectivity index (χ4n) is 5.31. The summed E-state index contributed by atoms with van der Waals surface area (Å²) in [6.45, 7) is 0.175. The molecule has 34 heavy (non-hydrogen) atoms. The molecule has 0 atom stereocenters. The zero-order valence-electron chi connectivity index (χ0n) is 18.8. The van der Waals surface area contributed by atoms with Crippen LogP contribution in [0.1, 0.15) is 55.6 Å². The molecule has 0 saturated heterocycles. The number of rotatable bonds is 4. The highest BCUT2D eigenvalue weighted by Crippen LogP contribution is 2.50. The summed E-state index contributed by atoms with van der Waals surface area (Å²) in [5.74, 6) is -0.321. The topological polar surface area (TPSA) is 46.6 Å². The van der Waals surface area contributed by atoms with Gasteiger partial charge in [-0.2, -0.15) is 0 Å². The number of carbonyl (C=O) groups is 2. The third-order valence-electron chi connectivity index (χ3n) is 6.89. The lowest BCUT2D eigenvalue weighted by Gasteiger charge is -2.42. The lowest BCUT2D eigenvalue weighted by atomic mass is 9.71. The normalized spacial score (nSPS) is 18.9. The Morgan fingerprint density at radius 3 is 1.97 bits per heavy atom. The van der Waals surface area contributed by atoms with E-state index in [1.807, 2.05) is 7.05 Å². The van der Waals surface area contributed by atoms with Gasteiger partial charge in [0.2, 0.25) is 0 Å². The second-order valence-electron chi connectivity index (χ2n) is 9.00. The second kappa shape index (κ2) is 9.20. The maximum Gasteiger partial charge on any atom is 0.161 e. The van der Waals surface area contributed by atoms with E-state index in [9.17, 15) is 14.0 Å². The lowest BCUT2D eigenvalue weighted by molar-refractivity contribution is -0.117. The van der Waals surface area contributed by atoms with Gasteiger partial charge in [-0.1, -0.05) is 35.3 Å². The molecule has 1 heterocycles. The molecule has 0 unspecified atom stereocenters. The Morgan fingerprint density at radius 2 is 1.44 bits per heavy atom. The summed E-state index contributed by atoms with van der Waals surface area (Å²) < 4.78 is 19.0. The van der Waals surface area contributed by atoms with Crippen molar-refractivity contribution >= 4 is 34.8 Å². The number of halogens is 3. The fraction of sp³-hybridized carbons (Fsp3) is 0.333. The number of benzene rings is 2. The van der Waals surface area contributed by atoms with Gasteiger partial charge in [-0.25, -0.2) is 4.39 Å². The predicted molar refractivity (Wildman–Crippen MR) is 129 cm³/mol. The van der Waals surface area contributed by atoms with Gasteiger partial charge >= 0.3 is 0 Å². The maximum atomic E-state index is 13.2. The zero-order valence-corrected chi connectivity index (χ0v) is 20.3. The molecule has 0 amide bonds. The molecule has 0 spiro atoms. The molecule has 7 heteroatoms. The van der Waals surface area contributed by atoms with Crippen molar-refractivity contribution in [2.75, 3.05) is 7.05 Å². The Bertz CT molecular complexity index is 1180. The van der Waals surface area contributed by atoms with Crippen LogP contribution in [0.3, 0.4) is 0 Å². The van der Waals surface area contributed by atoms with Crippen molar-refractivity contribution in [2.45, 2.75) is 51.0 Å². The number of ketones is 2. The summed E-state index contributed by atoms with van der Waals surface area (Å²) >= 11 is 13.2. The highest BCUT2D eigenvalue weighted by molar-refractivity contribution is 6.37. The average molecular weight is 500 g/mol. The van der Waals surface area contributed by atoms with E-state index in [1.54, 1.807) is 24.3 Å². The largest absolute Gasteiger partial charge is 0.486 e. The van der Waals surface area contributed by atoms with Crippen molar-refractivity contribution in [3.63, 3.8) is 0 Å². The minimum absolute atomic E-state index is 0.0758. The molecule has 1 aliphatic heterocycles. The molecule has 0 fully saturated rings. The average Bonchev–Trinajstić information content (AvgIpc) is 2.81. The smallest absolute Gasteiger partial charge is 0.161 e. The third-order valence-corrected chi connectivity index (χ3v) is 7.46. The van der Waals surface area contributed by atoms with Crippen LogP contribution in [0.5, 0.6) is 5.75 Å². The van der Waals surface area contributed by atoms with E-state index < -0.39 is 5.92 Å². The van der Waals surface area contributed by atoms with Gasteiger partial charge in [0.05, 0.1) is 10.0 Å². The quantitative estimate of drug-likeness (QED) is 0.466. The Kier molecular flexibility index (Phi) is 6.26. The number of allylic oxidation sites excluding steroid dienone is 4. The Morgan fingerprint density at radius 1 is 0.912 bits per heavy atom. The molecule has 4 nitrogen and oxygen atoms in total. The molecule has 5 rings (SSSR count). The molecule has 2 aliphatic carbocycles. The van der Waals surface area contributed by atoms with Crippen molar-refractivity contribution < 1.29 is 18.7 Å². The predicted octanol–water partition coefficient (Wildman–Crippen LogP) is 6.75. The maximum absolute atomic E-state index is 13.2. The summed E-state index contributed by atoms with van der Waals surface area (Å²) in [7, 11) is 1.96. The first-order valence-electron chi connectivity index (χ1n) is 11.5. The Balaban J connectivity index is 1.55. The number of hydrogen-bond donors (Lipinski definition) is 0. The molecule has 0 aromatic heterocycles. The van der Waals surface area contributed by atoms with E-state index in [4.69, 9.17) is 27.9 Å². The van der Waals surface area contributed by atoms with Crippen LogP contribution in [-0.2, 0) is 16.2 Å². The highest BCUT2D eigenvalue weighted by atomic mass is 35.5. The van der Waals surface area contributed by atoms with Gasteiger partial charge < -0.3 is 9.64 Å². The molecule has 176 valence electrons. The Hall–Kier alpha value is -2.63. The van der Waals surface area contributed by atoms with E-state index in [0.717, 1.165) is 48.2 Å². The van der Waals surface area contributed by atoms with Crippen molar-refractivity contribution in [2.24, 2.45) is 0 Å². The molecular weight excluding hydrogens is 476 g/mol. The summed E-state index contributed by atoms with van der Waals surface area (Å²) in [6, 6.07) is 9.50. The molecule has 0 radical (unpaired) electrons. The van der Waals surface area contributed by atoms with Crippen LogP contribution in [0.4, 0.5) is 4.39 Å². The van der Waals surface area contributed by atoms with E-state index in [1.165, 1.54) is 12.1 Å². The number of Topliss-reactive ketones (excluding diaryl/α,β-unsaturated/α-hetero) is 2. The molecule has 0 saturated carbocycles. The monoisotopic (exact) mass is 499 g/mol. The second-order valence-corrected chi connectivity index (χ2v) is 9.81. The van der Waals surface area contributed by atoms with Crippen LogP contribution in [0.15, 0.2) is 58.9 Å². The van der Waals surface area contributed by atoms with Gasteiger partial charge in [-0.3, -0.25) is 9.59 Å². The van der Waals surface area contributed by atoms with Crippen LogP contribution in [0.25, 0.3) is 0 Å². The van der Waals surface area contributed by atoms with E-state index in [-0.39, 0.29) is 24.0 Å². The van der Waals surface area contributed by atoms with Gasteiger partial charge in [-0.05, 0) is 61.1 Å². The molecular formula is C27H24Cl2FNO3. The van der Waals surface area contributed by atoms with Crippen molar-refractivity contribution in [3.8, 4) is 5.75 Å². The molecule has 0 bridgehead atoms. The minimum Gasteiger partial charge on any atom is -0.486 e. The summed E-state index contributed by atoms with van der Waals surface area (Å²) in [4.78, 5) is 28.3. The van der Waals surface area contributed by atoms with Gasteiger partial charge in [0.15, 0.2) is 17.3 Å². The number of ether oxygens (including phenoxy) is 1. The number of nitrogens with zero attached hydrogens (tertiary/aromatic N) is 1. The fourth-order valence-corrected chi connectivity index (χ4v) is 5.92. The number of carbonyl (C=O) groups excluding carboxylic acids is 2. The van der Waals surface area contributed by atoms with Crippen molar-refractivity contribution in [1.82, 2.24) is 4.90 Å². The van der Waals surface area contributed by atoms with E-state index in [2.05, 4.69) is 4.90 Å².